The van der Waals surface area contributed by atoms with Gasteiger partial charge in [-0.2, -0.15) is 0 Å². The zero-order valence-corrected chi connectivity index (χ0v) is 14.4. The molecule has 0 aromatic heterocycles. The highest BCUT2D eigenvalue weighted by molar-refractivity contribution is 7.80. The second kappa shape index (κ2) is 7.96. The molecule has 0 spiro atoms. The molecule has 0 amide bonds. The first-order valence-electron chi connectivity index (χ1n) is 8.13. The van der Waals surface area contributed by atoms with Crippen LogP contribution >= 0.6 is 12.6 Å². The van der Waals surface area contributed by atoms with Gasteiger partial charge in [0.15, 0.2) is 6.29 Å². The minimum Gasteiger partial charge on any atom is -0.373 e. The smallest absolute Gasteiger partial charge is 0.184 e. The topological polar surface area (TPSA) is 46.2 Å². The van der Waals surface area contributed by atoms with Gasteiger partial charge in [-0.3, -0.25) is 0 Å². The SMILES string of the molecule is CCO[C@@H]1[C@@H](OCC)[C@H](S)O[C@@H]2CO[C@@H](c3ccccc3)O[C@@H]12. The molecule has 6 atom stereocenters. The van der Waals surface area contributed by atoms with Crippen LogP contribution in [0.25, 0.3) is 0 Å². The first kappa shape index (κ1) is 17.2. The van der Waals surface area contributed by atoms with Crippen molar-refractivity contribution < 1.29 is 23.7 Å². The summed E-state index contributed by atoms with van der Waals surface area (Å²) >= 11 is 4.51. The van der Waals surface area contributed by atoms with Gasteiger partial charge >= 0.3 is 0 Å². The molecule has 0 saturated carbocycles. The molecule has 2 saturated heterocycles. The molecule has 0 N–H and O–H groups in total. The number of ether oxygens (including phenoxy) is 5. The summed E-state index contributed by atoms with van der Waals surface area (Å²) < 4.78 is 29.7. The van der Waals surface area contributed by atoms with Crippen LogP contribution in [-0.4, -0.2) is 49.7 Å². The van der Waals surface area contributed by atoms with Gasteiger partial charge in [0.1, 0.15) is 29.9 Å². The van der Waals surface area contributed by atoms with Crippen molar-refractivity contribution >= 4 is 12.6 Å². The lowest BCUT2D eigenvalue weighted by Gasteiger charge is -2.48. The highest BCUT2D eigenvalue weighted by Gasteiger charge is 2.50. The number of benzene rings is 1. The van der Waals surface area contributed by atoms with E-state index in [1.54, 1.807) is 0 Å². The van der Waals surface area contributed by atoms with E-state index in [9.17, 15) is 0 Å². The predicted octanol–water partition coefficient (Wildman–Crippen LogP) is 2.57. The van der Waals surface area contributed by atoms with Crippen LogP contribution < -0.4 is 0 Å². The number of fused-ring (bicyclic) bond motifs is 1. The van der Waals surface area contributed by atoms with Crippen LogP contribution in [0.15, 0.2) is 30.3 Å². The standard InChI is InChI=1S/C17H24O5S/c1-3-18-14-13-12(21-17(23)15(14)19-4-2)10-20-16(22-13)11-8-6-5-7-9-11/h5-9,12-17,23H,3-4,10H2,1-2H3/t12-,13-,14+,15-,16-,17+/m1/s1. The summed E-state index contributed by atoms with van der Waals surface area (Å²) in [4.78, 5) is 0. The van der Waals surface area contributed by atoms with Gasteiger partial charge in [-0.15, -0.1) is 12.6 Å². The quantitative estimate of drug-likeness (QED) is 0.835. The van der Waals surface area contributed by atoms with E-state index in [4.69, 9.17) is 23.7 Å². The van der Waals surface area contributed by atoms with Crippen molar-refractivity contribution in [1.82, 2.24) is 0 Å². The third-order valence-electron chi connectivity index (χ3n) is 4.09. The van der Waals surface area contributed by atoms with Crippen molar-refractivity contribution in [2.45, 2.75) is 50.0 Å². The maximum absolute atomic E-state index is 6.18. The summed E-state index contributed by atoms with van der Waals surface area (Å²) in [5, 5.41) is 0. The molecule has 5 nitrogen and oxygen atoms in total. The van der Waals surface area contributed by atoms with E-state index in [1.165, 1.54) is 0 Å². The Morgan fingerprint density at radius 2 is 1.74 bits per heavy atom. The molecule has 1 aromatic carbocycles. The van der Waals surface area contributed by atoms with Gasteiger partial charge in [0.2, 0.25) is 0 Å². The molecule has 3 rings (SSSR count). The van der Waals surface area contributed by atoms with Gasteiger partial charge < -0.3 is 23.7 Å². The molecule has 2 heterocycles. The van der Waals surface area contributed by atoms with Crippen LogP contribution in [0.5, 0.6) is 0 Å². The maximum Gasteiger partial charge on any atom is 0.184 e. The van der Waals surface area contributed by atoms with Crippen molar-refractivity contribution in [2.24, 2.45) is 0 Å². The number of hydrogen-bond acceptors (Lipinski definition) is 6. The fourth-order valence-electron chi connectivity index (χ4n) is 3.09. The molecule has 23 heavy (non-hydrogen) atoms. The molecule has 1 aromatic rings. The fourth-order valence-corrected chi connectivity index (χ4v) is 3.51. The largest absolute Gasteiger partial charge is 0.373 e. The molecular formula is C17H24O5S. The van der Waals surface area contributed by atoms with E-state index in [1.807, 2.05) is 44.2 Å². The molecule has 2 aliphatic rings. The molecule has 6 heteroatoms. The van der Waals surface area contributed by atoms with Crippen molar-refractivity contribution in [3.8, 4) is 0 Å². The molecular weight excluding hydrogens is 316 g/mol. The third kappa shape index (κ3) is 3.73. The van der Waals surface area contributed by atoms with Crippen LogP contribution in [0.3, 0.4) is 0 Å². The van der Waals surface area contributed by atoms with E-state index in [0.717, 1.165) is 5.56 Å². The molecule has 0 radical (unpaired) electrons. The average molecular weight is 340 g/mol. The minimum atomic E-state index is -0.414. The van der Waals surface area contributed by atoms with E-state index in [2.05, 4.69) is 12.6 Å². The lowest BCUT2D eigenvalue weighted by atomic mass is 9.98. The second-order valence-corrected chi connectivity index (χ2v) is 6.09. The summed E-state index contributed by atoms with van der Waals surface area (Å²) in [5.41, 5.74) is 0.635. The summed E-state index contributed by atoms with van der Waals surface area (Å²) in [6, 6.07) is 9.90. The van der Waals surface area contributed by atoms with Gasteiger partial charge in [-0.1, -0.05) is 30.3 Å². The van der Waals surface area contributed by atoms with Gasteiger partial charge in [0, 0.05) is 18.8 Å². The molecule has 2 aliphatic heterocycles. The van der Waals surface area contributed by atoms with Crippen LogP contribution in [0.1, 0.15) is 25.7 Å². The summed E-state index contributed by atoms with van der Waals surface area (Å²) in [6.45, 7) is 5.52. The summed E-state index contributed by atoms with van der Waals surface area (Å²) in [7, 11) is 0. The molecule has 0 bridgehead atoms. The Balaban J connectivity index is 1.78. The fraction of sp³-hybridized carbons (Fsp3) is 0.647. The highest BCUT2D eigenvalue weighted by atomic mass is 32.1. The van der Waals surface area contributed by atoms with Crippen LogP contribution in [0.2, 0.25) is 0 Å². The van der Waals surface area contributed by atoms with Crippen LogP contribution in [0.4, 0.5) is 0 Å². The lowest BCUT2D eigenvalue weighted by Crippen LogP contribution is -2.62. The Morgan fingerprint density at radius 1 is 1.04 bits per heavy atom. The number of hydrogen-bond donors (Lipinski definition) is 1. The third-order valence-corrected chi connectivity index (χ3v) is 4.51. The van der Waals surface area contributed by atoms with Crippen LogP contribution in [0, 0.1) is 0 Å². The van der Waals surface area contributed by atoms with Crippen molar-refractivity contribution in [2.75, 3.05) is 19.8 Å². The summed E-state index contributed by atoms with van der Waals surface area (Å²) in [5.74, 6) is 0. The molecule has 0 aliphatic carbocycles. The lowest BCUT2D eigenvalue weighted by molar-refractivity contribution is -0.326. The Morgan fingerprint density at radius 3 is 2.43 bits per heavy atom. The number of thiol groups is 1. The van der Waals surface area contributed by atoms with E-state index >= 15 is 0 Å². The van der Waals surface area contributed by atoms with E-state index in [-0.39, 0.29) is 29.9 Å². The molecule has 2 fully saturated rings. The zero-order valence-electron chi connectivity index (χ0n) is 13.5. The maximum atomic E-state index is 6.18. The molecule has 128 valence electrons. The van der Waals surface area contributed by atoms with Gasteiger partial charge in [-0.05, 0) is 13.8 Å². The van der Waals surface area contributed by atoms with Gasteiger partial charge in [-0.25, -0.2) is 0 Å². The molecule has 0 unspecified atom stereocenters. The van der Waals surface area contributed by atoms with Crippen molar-refractivity contribution in [1.29, 1.82) is 0 Å². The first-order chi connectivity index (χ1) is 11.2. The Kier molecular flexibility index (Phi) is 5.96. The highest BCUT2D eigenvalue weighted by Crippen LogP contribution is 2.36. The second-order valence-electron chi connectivity index (χ2n) is 5.58. The van der Waals surface area contributed by atoms with Crippen LogP contribution in [-0.2, 0) is 23.7 Å². The zero-order chi connectivity index (χ0) is 16.2. The van der Waals surface area contributed by atoms with Gasteiger partial charge in [0.05, 0.1) is 6.61 Å². The Labute approximate surface area is 142 Å². The monoisotopic (exact) mass is 340 g/mol. The van der Waals surface area contributed by atoms with Crippen molar-refractivity contribution in [3.05, 3.63) is 35.9 Å². The Hall–Kier alpha value is -0.630. The predicted molar refractivity (Wildman–Crippen MR) is 88.5 cm³/mol. The number of rotatable bonds is 5. The van der Waals surface area contributed by atoms with E-state index in [0.29, 0.717) is 19.8 Å². The minimum absolute atomic E-state index is 0.203. The van der Waals surface area contributed by atoms with E-state index < -0.39 is 6.29 Å². The van der Waals surface area contributed by atoms with Gasteiger partial charge in [0.25, 0.3) is 0 Å². The summed E-state index contributed by atoms with van der Waals surface area (Å²) in [6.07, 6.45) is -1.35. The Bertz CT molecular complexity index is 485. The van der Waals surface area contributed by atoms with Crippen molar-refractivity contribution in [3.63, 3.8) is 0 Å². The normalized spacial score (nSPS) is 37.3. The average Bonchev–Trinajstić information content (AvgIpc) is 2.58. The first-order valence-corrected chi connectivity index (χ1v) is 8.65.